The van der Waals surface area contributed by atoms with Gasteiger partial charge in [-0.05, 0) is 24.3 Å². The van der Waals surface area contributed by atoms with Crippen molar-refractivity contribution in [2.24, 2.45) is 0 Å². The van der Waals surface area contributed by atoms with E-state index in [9.17, 15) is 22.4 Å². The second-order valence-electron chi connectivity index (χ2n) is 6.66. The fourth-order valence-corrected chi connectivity index (χ4v) is 4.04. The van der Waals surface area contributed by atoms with Crippen LogP contribution in [0.3, 0.4) is 0 Å². The molecule has 1 heterocycles. The van der Waals surface area contributed by atoms with Crippen molar-refractivity contribution in [2.45, 2.75) is 4.90 Å². The number of amides is 1. The maximum absolute atomic E-state index is 13.9. The van der Waals surface area contributed by atoms with Gasteiger partial charge in [-0.2, -0.15) is 0 Å². The molecule has 29 heavy (non-hydrogen) atoms. The quantitative estimate of drug-likeness (QED) is 0.685. The molecule has 154 valence electrons. The SMILES string of the molecule is CS(=O)(=O)c1ccccc1C(=O)OCC(=O)N1CCN(c2ccccc2F)CC1. The number of anilines is 1. The number of esters is 1. The van der Waals surface area contributed by atoms with Crippen molar-refractivity contribution in [1.82, 2.24) is 4.90 Å². The Bertz CT molecular complexity index is 1020. The highest BCUT2D eigenvalue weighted by Crippen LogP contribution is 2.20. The summed E-state index contributed by atoms with van der Waals surface area (Å²) >= 11 is 0. The lowest BCUT2D eigenvalue weighted by Crippen LogP contribution is -2.50. The summed E-state index contributed by atoms with van der Waals surface area (Å²) in [4.78, 5) is 27.9. The van der Waals surface area contributed by atoms with Crippen molar-refractivity contribution < 1.29 is 27.1 Å². The van der Waals surface area contributed by atoms with Gasteiger partial charge in [0.15, 0.2) is 16.4 Å². The van der Waals surface area contributed by atoms with Gasteiger partial charge < -0.3 is 14.5 Å². The molecule has 7 nitrogen and oxygen atoms in total. The second kappa shape index (κ2) is 8.60. The van der Waals surface area contributed by atoms with Crippen molar-refractivity contribution in [3.05, 3.63) is 59.9 Å². The lowest BCUT2D eigenvalue weighted by atomic mass is 10.2. The number of ether oxygens (including phenoxy) is 1. The molecule has 2 aromatic rings. The van der Waals surface area contributed by atoms with Crippen LogP contribution >= 0.6 is 0 Å². The maximum Gasteiger partial charge on any atom is 0.339 e. The monoisotopic (exact) mass is 420 g/mol. The molecule has 0 aliphatic carbocycles. The summed E-state index contributed by atoms with van der Waals surface area (Å²) in [6.45, 7) is 1.15. The molecule has 1 fully saturated rings. The number of carbonyl (C=O) groups excluding carboxylic acids is 2. The minimum atomic E-state index is -3.61. The third-order valence-corrected chi connectivity index (χ3v) is 5.81. The molecule has 9 heteroatoms. The molecule has 0 unspecified atom stereocenters. The Labute approximate surface area is 168 Å². The summed E-state index contributed by atoms with van der Waals surface area (Å²) in [6.07, 6.45) is 0.999. The van der Waals surface area contributed by atoms with Crippen LogP contribution in [0.4, 0.5) is 10.1 Å². The Kier molecular flexibility index (Phi) is 6.17. The lowest BCUT2D eigenvalue weighted by molar-refractivity contribution is -0.134. The molecule has 1 saturated heterocycles. The normalized spacial score (nSPS) is 14.6. The van der Waals surface area contributed by atoms with Gasteiger partial charge in [-0.15, -0.1) is 0 Å². The molecule has 3 rings (SSSR count). The van der Waals surface area contributed by atoms with Crippen LogP contribution in [0.5, 0.6) is 0 Å². The van der Waals surface area contributed by atoms with E-state index in [0.29, 0.717) is 31.9 Å². The molecule has 0 N–H and O–H groups in total. The number of sulfone groups is 1. The number of hydrogen-bond donors (Lipinski definition) is 0. The third-order valence-electron chi connectivity index (χ3n) is 4.66. The fourth-order valence-electron chi connectivity index (χ4n) is 3.16. The zero-order chi connectivity index (χ0) is 21.0. The molecule has 2 aromatic carbocycles. The van der Waals surface area contributed by atoms with Crippen LogP contribution in [0.2, 0.25) is 0 Å². The van der Waals surface area contributed by atoms with E-state index in [4.69, 9.17) is 4.74 Å². The Hall–Kier alpha value is -2.94. The van der Waals surface area contributed by atoms with Gasteiger partial charge in [-0.1, -0.05) is 24.3 Å². The van der Waals surface area contributed by atoms with E-state index in [-0.39, 0.29) is 22.2 Å². The summed E-state index contributed by atoms with van der Waals surface area (Å²) < 4.78 is 42.5. The number of rotatable bonds is 5. The predicted octanol–water partition coefficient (Wildman–Crippen LogP) is 1.73. The summed E-state index contributed by atoms with van der Waals surface area (Å²) in [5, 5.41) is 0. The second-order valence-corrected chi connectivity index (χ2v) is 8.65. The van der Waals surface area contributed by atoms with E-state index in [0.717, 1.165) is 6.26 Å². The molecule has 1 aliphatic rings. The highest BCUT2D eigenvalue weighted by atomic mass is 32.2. The Morgan fingerprint density at radius 3 is 2.28 bits per heavy atom. The number of nitrogens with zero attached hydrogens (tertiary/aromatic N) is 2. The van der Waals surface area contributed by atoms with E-state index in [1.165, 1.54) is 35.2 Å². The van der Waals surface area contributed by atoms with Gasteiger partial charge in [0, 0.05) is 32.4 Å². The number of para-hydroxylation sites is 1. The number of hydrogen-bond acceptors (Lipinski definition) is 6. The first kappa shape index (κ1) is 20.8. The zero-order valence-corrected chi connectivity index (χ0v) is 16.7. The van der Waals surface area contributed by atoms with Crippen molar-refractivity contribution in [2.75, 3.05) is 43.9 Å². The first-order valence-corrected chi connectivity index (χ1v) is 10.9. The molecule has 1 amide bonds. The Morgan fingerprint density at radius 2 is 1.62 bits per heavy atom. The summed E-state index contributed by atoms with van der Waals surface area (Å²) in [7, 11) is -3.61. The van der Waals surface area contributed by atoms with E-state index in [1.807, 2.05) is 4.90 Å². The van der Waals surface area contributed by atoms with Gasteiger partial charge in [-0.3, -0.25) is 4.79 Å². The van der Waals surface area contributed by atoms with E-state index < -0.39 is 22.4 Å². The van der Waals surface area contributed by atoms with Gasteiger partial charge in [0.05, 0.1) is 16.1 Å². The van der Waals surface area contributed by atoms with Gasteiger partial charge in [-0.25, -0.2) is 17.6 Å². The Balaban J connectivity index is 1.56. The largest absolute Gasteiger partial charge is 0.452 e. The minimum Gasteiger partial charge on any atom is -0.452 e. The molecule has 0 spiro atoms. The number of benzene rings is 2. The van der Waals surface area contributed by atoms with Crippen LogP contribution in [0, 0.1) is 5.82 Å². The van der Waals surface area contributed by atoms with Gasteiger partial charge in [0.2, 0.25) is 0 Å². The van der Waals surface area contributed by atoms with Crippen LogP contribution in [0.25, 0.3) is 0 Å². The topological polar surface area (TPSA) is 84.0 Å². The lowest BCUT2D eigenvalue weighted by Gasteiger charge is -2.36. The average molecular weight is 420 g/mol. The highest BCUT2D eigenvalue weighted by Gasteiger charge is 2.25. The first-order chi connectivity index (χ1) is 13.8. The van der Waals surface area contributed by atoms with Crippen molar-refractivity contribution >= 4 is 27.4 Å². The minimum absolute atomic E-state index is 0.104. The standard InChI is InChI=1S/C20H21FN2O5S/c1-29(26,27)18-9-5-2-6-15(18)20(25)28-14-19(24)23-12-10-22(11-13-23)17-8-4-3-7-16(17)21/h2-9H,10-14H2,1H3. The first-order valence-electron chi connectivity index (χ1n) is 9.01. The molecule has 0 bridgehead atoms. The summed E-state index contributed by atoms with van der Waals surface area (Å²) in [6, 6.07) is 12.1. The van der Waals surface area contributed by atoms with E-state index >= 15 is 0 Å². The molecule has 0 radical (unpaired) electrons. The summed E-state index contributed by atoms with van der Waals surface area (Å²) in [5.41, 5.74) is 0.385. The van der Waals surface area contributed by atoms with E-state index in [2.05, 4.69) is 0 Å². The number of halogens is 1. The maximum atomic E-state index is 13.9. The van der Waals surface area contributed by atoms with Gasteiger partial charge in [0.1, 0.15) is 5.82 Å². The number of piperazine rings is 1. The molecule has 1 aliphatic heterocycles. The van der Waals surface area contributed by atoms with Crippen LogP contribution in [-0.4, -0.2) is 64.2 Å². The van der Waals surface area contributed by atoms with Crippen LogP contribution in [-0.2, 0) is 19.4 Å². The summed E-state index contributed by atoms with van der Waals surface area (Å²) in [5.74, 6) is -1.57. The molecule has 0 aromatic heterocycles. The van der Waals surface area contributed by atoms with Crippen LogP contribution < -0.4 is 4.90 Å². The van der Waals surface area contributed by atoms with E-state index in [1.54, 1.807) is 18.2 Å². The molecular weight excluding hydrogens is 399 g/mol. The van der Waals surface area contributed by atoms with Crippen molar-refractivity contribution in [3.63, 3.8) is 0 Å². The van der Waals surface area contributed by atoms with Crippen LogP contribution in [0.1, 0.15) is 10.4 Å². The number of carbonyl (C=O) groups is 2. The fraction of sp³-hybridized carbons (Fsp3) is 0.300. The molecular formula is C20H21FN2O5S. The smallest absolute Gasteiger partial charge is 0.339 e. The molecule has 0 saturated carbocycles. The zero-order valence-electron chi connectivity index (χ0n) is 15.9. The predicted molar refractivity (Wildman–Crippen MR) is 105 cm³/mol. The van der Waals surface area contributed by atoms with Gasteiger partial charge >= 0.3 is 5.97 Å². The van der Waals surface area contributed by atoms with Crippen molar-refractivity contribution in [3.8, 4) is 0 Å². The van der Waals surface area contributed by atoms with Crippen LogP contribution in [0.15, 0.2) is 53.4 Å². The molecule has 0 atom stereocenters. The van der Waals surface area contributed by atoms with Gasteiger partial charge in [0.25, 0.3) is 5.91 Å². The Morgan fingerprint density at radius 1 is 1.00 bits per heavy atom. The average Bonchev–Trinajstić information content (AvgIpc) is 2.71. The third kappa shape index (κ3) is 4.92. The highest BCUT2D eigenvalue weighted by molar-refractivity contribution is 7.90. The van der Waals surface area contributed by atoms with Crippen molar-refractivity contribution in [1.29, 1.82) is 0 Å².